The van der Waals surface area contributed by atoms with Crippen molar-refractivity contribution in [1.82, 2.24) is 0 Å². The number of rotatable bonds is 4. The average molecular weight is 220 g/mol. The molecule has 0 bridgehead atoms. The number of likely N-dealkylation sites (tertiary alicyclic amines) is 1. The molecule has 1 aromatic rings. The summed E-state index contributed by atoms with van der Waals surface area (Å²) in [6.07, 6.45) is 2.62. The van der Waals surface area contributed by atoms with Crippen LogP contribution in [0.2, 0.25) is 0 Å². The smallest absolute Gasteiger partial charge is 0.104 e. The summed E-state index contributed by atoms with van der Waals surface area (Å²) in [5.41, 5.74) is 2.72. The van der Waals surface area contributed by atoms with Crippen molar-refractivity contribution in [1.29, 1.82) is 0 Å². The summed E-state index contributed by atoms with van der Waals surface area (Å²) in [5, 5.41) is 9.20. The molecule has 0 aromatic heterocycles. The Morgan fingerprint density at radius 2 is 1.75 bits per heavy atom. The molecule has 0 amide bonds. The lowest BCUT2D eigenvalue weighted by Gasteiger charge is -2.33. The van der Waals surface area contributed by atoms with Crippen LogP contribution in [0.1, 0.15) is 24.0 Å². The van der Waals surface area contributed by atoms with Crippen LogP contribution in [-0.2, 0) is 6.54 Å². The monoisotopic (exact) mass is 220 g/mol. The lowest BCUT2D eigenvalue weighted by atomic mass is 10.1. The van der Waals surface area contributed by atoms with E-state index in [1.54, 1.807) is 0 Å². The molecule has 88 valence electrons. The largest absolute Gasteiger partial charge is 0.391 e. The lowest BCUT2D eigenvalue weighted by Crippen LogP contribution is -2.46. The summed E-state index contributed by atoms with van der Waals surface area (Å²) in [6, 6.07) is 8.82. The summed E-state index contributed by atoms with van der Waals surface area (Å²) in [6.45, 7) is 6.89. The van der Waals surface area contributed by atoms with Gasteiger partial charge in [0.2, 0.25) is 0 Å². The van der Waals surface area contributed by atoms with E-state index in [-0.39, 0.29) is 0 Å². The molecule has 0 saturated carbocycles. The minimum absolute atomic E-state index is 0.311. The number of hydrogen-bond acceptors (Lipinski definition) is 1. The quantitative estimate of drug-likeness (QED) is 0.770. The van der Waals surface area contributed by atoms with E-state index in [0.717, 1.165) is 17.6 Å². The maximum Gasteiger partial charge on any atom is 0.104 e. The van der Waals surface area contributed by atoms with Crippen LogP contribution < -0.4 is 0 Å². The first-order chi connectivity index (χ1) is 7.74. The Bertz CT molecular complexity index is 325. The first-order valence-corrected chi connectivity index (χ1v) is 6.26. The highest BCUT2D eigenvalue weighted by Gasteiger charge is 2.31. The molecule has 1 saturated heterocycles. The van der Waals surface area contributed by atoms with Crippen molar-refractivity contribution in [3.63, 3.8) is 0 Å². The molecule has 2 nitrogen and oxygen atoms in total. The van der Waals surface area contributed by atoms with Gasteiger partial charge in [-0.25, -0.2) is 0 Å². The molecular weight excluding hydrogens is 198 g/mol. The number of aliphatic hydroxyl groups excluding tert-OH is 1. The van der Waals surface area contributed by atoms with E-state index in [2.05, 4.69) is 31.2 Å². The van der Waals surface area contributed by atoms with Gasteiger partial charge in [-0.05, 0) is 6.92 Å². The molecule has 0 atom stereocenters. The number of nitrogens with zero attached hydrogens (tertiary/aromatic N) is 1. The average Bonchev–Trinajstić information content (AvgIpc) is 2.71. The van der Waals surface area contributed by atoms with E-state index in [1.807, 2.05) is 0 Å². The third-order valence-electron chi connectivity index (χ3n) is 3.73. The van der Waals surface area contributed by atoms with Crippen molar-refractivity contribution in [3.8, 4) is 0 Å². The topological polar surface area (TPSA) is 20.2 Å². The lowest BCUT2D eigenvalue weighted by molar-refractivity contribution is -0.929. The summed E-state index contributed by atoms with van der Waals surface area (Å²) < 4.78 is 1.08. The Kier molecular flexibility index (Phi) is 3.62. The van der Waals surface area contributed by atoms with E-state index >= 15 is 0 Å². The standard InChI is InChI=1S/C14H22NO/c1-13-4-6-14(7-5-13)12-15(10-11-16)8-2-3-9-15/h4-7,16H,2-3,8-12H2,1H3/q+1. The molecule has 1 aromatic carbocycles. The van der Waals surface area contributed by atoms with Gasteiger partial charge in [0, 0.05) is 18.4 Å². The van der Waals surface area contributed by atoms with Crippen molar-refractivity contribution < 1.29 is 9.59 Å². The molecule has 1 fully saturated rings. The van der Waals surface area contributed by atoms with Crippen LogP contribution in [0.3, 0.4) is 0 Å². The van der Waals surface area contributed by atoms with Crippen molar-refractivity contribution in [2.45, 2.75) is 26.3 Å². The van der Waals surface area contributed by atoms with Crippen LogP contribution in [0.15, 0.2) is 24.3 Å². The van der Waals surface area contributed by atoms with E-state index in [9.17, 15) is 5.11 Å². The van der Waals surface area contributed by atoms with E-state index in [1.165, 1.54) is 37.1 Å². The van der Waals surface area contributed by atoms with Crippen LogP contribution in [0.25, 0.3) is 0 Å². The third-order valence-corrected chi connectivity index (χ3v) is 3.73. The number of hydrogen-bond donors (Lipinski definition) is 1. The van der Waals surface area contributed by atoms with Gasteiger partial charge in [-0.2, -0.15) is 0 Å². The Morgan fingerprint density at radius 3 is 2.31 bits per heavy atom. The van der Waals surface area contributed by atoms with Gasteiger partial charge in [-0.15, -0.1) is 0 Å². The molecule has 1 aliphatic heterocycles. The zero-order valence-corrected chi connectivity index (χ0v) is 10.2. The second kappa shape index (κ2) is 4.98. The SMILES string of the molecule is Cc1ccc(C[N+]2(CCO)CCCC2)cc1. The number of aliphatic hydroxyl groups is 1. The number of benzene rings is 1. The first-order valence-electron chi connectivity index (χ1n) is 6.26. The molecule has 1 heterocycles. The third kappa shape index (κ3) is 2.63. The van der Waals surface area contributed by atoms with E-state index in [4.69, 9.17) is 0 Å². The summed E-state index contributed by atoms with van der Waals surface area (Å²) in [4.78, 5) is 0. The van der Waals surface area contributed by atoms with Gasteiger partial charge in [0.05, 0.1) is 19.7 Å². The molecule has 0 aliphatic carbocycles. The van der Waals surface area contributed by atoms with Crippen LogP contribution in [0.5, 0.6) is 0 Å². The molecule has 0 spiro atoms. The fourth-order valence-corrected chi connectivity index (χ4v) is 2.76. The van der Waals surface area contributed by atoms with Gasteiger partial charge in [0.15, 0.2) is 0 Å². The summed E-state index contributed by atoms with van der Waals surface area (Å²) in [5.74, 6) is 0. The predicted octanol–water partition coefficient (Wildman–Crippen LogP) is 2.10. The summed E-state index contributed by atoms with van der Waals surface area (Å²) in [7, 11) is 0. The molecule has 2 rings (SSSR count). The van der Waals surface area contributed by atoms with E-state index in [0.29, 0.717) is 6.61 Å². The van der Waals surface area contributed by atoms with Crippen LogP contribution >= 0.6 is 0 Å². The Hall–Kier alpha value is -0.860. The molecule has 1 aliphatic rings. The van der Waals surface area contributed by atoms with Crippen LogP contribution in [-0.4, -0.2) is 35.8 Å². The van der Waals surface area contributed by atoms with E-state index < -0.39 is 0 Å². The minimum atomic E-state index is 0.311. The summed E-state index contributed by atoms with van der Waals surface area (Å²) >= 11 is 0. The first kappa shape index (κ1) is 11.6. The second-order valence-corrected chi connectivity index (χ2v) is 5.09. The van der Waals surface area contributed by atoms with Crippen LogP contribution in [0.4, 0.5) is 0 Å². The Balaban J connectivity index is 2.08. The van der Waals surface area contributed by atoms with Gasteiger partial charge in [0.1, 0.15) is 13.1 Å². The molecular formula is C14H22NO+. The molecule has 1 N–H and O–H groups in total. The highest BCUT2D eigenvalue weighted by molar-refractivity contribution is 5.20. The van der Waals surface area contributed by atoms with Gasteiger partial charge in [0.25, 0.3) is 0 Å². The zero-order chi connectivity index (χ0) is 11.4. The second-order valence-electron chi connectivity index (χ2n) is 5.09. The maximum absolute atomic E-state index is 9.20. The van der Waals surface area contributed by atoms with Crippen molar-refractivity contribution >= 4 is 0 Å². The van der Waals surface area contributed by atoms with Gasteiger partial charge < -0.3 is 9.59 Å². The molecule has 16 heavy (non-hydrogen) atoms. The maximum atomic E-state index is 9.20. The number of quaternary nitrogens is 1. The van der Waals surface area contributed by atoms with Crippen molar-refractivity contribution in [3.05, 3.63) is 35.4 Å². The fraction of sp³-hybridized carbons (Fsp3) is 0.571. The normalized spacial score (nSPS) is 18.9. The highest BCUT2D eigenvalue weighted by atomic mass is 16.3. The Morgan fingerprint density at radius 1 is 1.12 bits per heavy atom. The predicted molar refractivity (Wildman–Crippen MR) is 66.1 cm³/mol. The van der Waals surface area contributed by atoms with Gasteiger partial charge >= 0.3 is 0 Å². The highest BCUT2D eigenvalue weighted by Crippen LogP contribution is 2.23. The van der Waals surface area contributed by atoms with Crippen LogP contribution in [0, 0.1) is 6.92 Å². The molecule has 2 heteroatoms. The fourth-order valence-electron chi connectivity index (χ4n) is 2.76. The van der Waals surface area contributed by atoms with Gasteiger partial charge in [-0.3, -0.25) is 0 Å². The van der Waals surface area contributed by atoms with Gasteiger partial charge in [-0.1, -0.05) is 29.8 Å². The van der Waals surface area contributed by atoms with Crippen molar-refractivity contribution in [2.75, 3.05) is 26.2 Å². The minimum Gasteiger partial charge on any atom is -0.391 e. The number of aryl methyl sites for hydroxylation is 1. The molecule has 0 unspecified atom stereocenters. The molecule has 0 radical (unpaired) electrons. The van der Waals surface area contributed by atoms with Crippen molar-refractivity contribution in [2.24, 2.45) is 0 Å². The Labute approximate surface area is 98.1 Å². The zero-order valence-electron chi connectivity index (χ0n) is 10.2.